The Morgan fingerprint density at radius 1 is 1.41 bits per heavy atom. The highest BCUT2D eigenvalue weighted by Crippen LogP contribution is 2.05. The lowest BCUT2D eigenvalue weighted by molar-refractivity contribution is -0.139. The predicted molar refractivity (Wildman–Crippen MR) is 65.8 cm³/mol. The maximum atomic E-state index is 11.2. The lowest BCUT2D eigenvalue weighted by Gasteiger charge is -2.11. The Morgan fingerprint density at radius 2 is 2.06 bits per heavy atom. The number of hydrogen-bond acceptors (Lipinski definition) is 4. The zero-order chi connectivity index (χ0) is 13.3. The van der Waals surface area contributed by atoms with Crippen LogP contribution < -0.4 is 10.6 Å². The van der Waals surface area contributed by atoms with Crippen molar-refractivity contribution in [3.63, 3.8) is 0 Å². The molecule has 98 valence electrons. The van der Waals surface area contributed by atoms with E-state index in [4.69, 9.17) is 5.11 Å². The molecule has 0 aromatic heterocycles. The second-order valence-corrected chi connectivity index (χ2v) is 4.87. The summed E-state index contributed by atoms with van der Waals surface area (Å²) >= 11 is 1.32. The number of carboxylic acid groups (broad SMARTS) is 1. The number of amides is 2. The Bertz CT molecular complexity index is 271. The highest BCUT2D eigenvalue weighted by molar-refractivity contribution is 7.99. The normalized spacial score (nSPS) is 11.9. The van der Waals surface area contributed by atoms with Gasteiger partial charge in [0.1, 0.15) is 6.04 Å². The molecule has 17 heavy (non-hydrogen) atoms. The fourth-order valence-electron chi connectivity index (χ4n) is 1.03. The molecule has 6 nitrogen and oxygen atoms in total. The zero-order valence-electron chi connectivity index (χ0n) is 9.93. The third-order valence-electron chi connectivity index (χ3n) is 1.77. The summed E-state index contributed by atoms with van der Waals surface area (Å²) < 4.78 is 0. The second-order valence-electron chi connectivity index (χ2n) is 3.72. The number of rotatable bonds is 9. The van der Waals surface area contributed by atoms with E-state index in [9.17, 15) is 14.4 Å². The third kappa shape index (κ3) is 8.56. The smallest absolute Gasteiger partial charge is 0.327 e. The van der Waals surface area contributed by atoms with E-state index in [2.05, 4.69) is 10.6 Å². The molecule has 0 spiro atoms. The monoisotopic (exact) mass is 262 g/mol. The maximum absolute atomic E-state index is 11.2. The van der Waals surface area contributed by atoms with Crippen molar-refractivity contribution in [3.05, 3.63) is 0 Å². The van der Waals surface area contributed by atoms with Crippen molar-refractivity contribution in [2.45, 2.75) is 32.4 Å². The summed E-state index contributed by atoms with van der Waals surface area (Å²) in [6, 6.07) is -0.790. The molecule has 0 bridgehead atoms. The molecule has 0 heterocycles. The van der Waals surface area contributed by atoms with Crippen molar-refractivity contribution in [1.82, 2.24) is 10.6 Å². The summed E-state index contributed by atoms with van der Waals surface area (Å²) in [6.45, 7) is 3.75. The predicted octanol–water partition coefficient (Wildman–Crippen LogP) is -0.166. The number of thioether (sulfide) groups is 1. The largest absolute Gasteiger partial charge is 0.480 e. The summed E-state index contributed by atoms with van der Waals surface area (Å²) in [6.07, 6.45) is 0.709. The Morgan fingerprint density at radius 3 is 2.53 bits per heavy atom. The lowest BCUT2D eigenvalue weighted by Crippen LogP contribution is -2.38. The van der Waals surface area contributed by atoms with E-state index in [1.54, 1.807) is 0 Å². The molecule has 0 rings (SSSR count). The highest BCUT2D eigenvalue weighted by Gasteiger charge is 2.15. The van der Waals surface area contributed by atoms with E-state index in [1.165, 1.54) is 11.8 Å². The van der Waals surface area contributed by atoms with Crippen LogP contribution in [0.2, 0.25) is 0 Å². The van der Waals surface area contributed by atoms with Crippen LogP contribution in [0, 0.1) is 0 Å². The number of carboxylic acids is 1. The van der Waals surface area contributed by atoms with Crippen LogP contribution in [-0.2, 0) is 14.4 Å². The summed E-state index contributed by atoms with van der Waals surface area (Å²) in [4.78, 5) is 32.0. The first kappa shape index (κ1) is 15.8. The number of carbonyl (C=O) groups excluding carboxylic acids is 2. The summed E-state index contributed by atoms with van der Waals surface area (Å²) in [5.41, 5.74) is 0. The van der Waals surface area contributed by atoms with Crippen molar-refractivity contribution in [1.29, 1.82) is 0 Å². The molecule has 0 saturated heterocycles. The average Bonchev–Trinajstić information content (AvgIpc) is 2.21. The van der Waals surface area contributed by atoms with Crippen LogP contribution in [0.25, 0.3) is 0 Å². The van der Waals surface area contributed by atoms with Gasteiger partial charge in [0.2, 0.25) is 12.3 Å². The fraction of sp³-hybridized carbons (Fsp3) is 0.700. The van der Waals surface area contributed by atoms with Gasteiger partial charge in [-0.05, 0) is 13.8 Å². The van der Waals surface area contributed by atoms with Gasteiger partial charge in [-0.1, -0.05) is 0 Å². The zero-order valence-corrected chi connectivity index (χ0v) is 10.8. The highest BCUT2D eigenvalue weighted by atomic mass is 32.2. The quantitative estimate of drug-likeness (QED) is 0.396. The first-order chi connectivity index (χ1) is 7.97. The Kier molecular flexibility index (Phi) is 8.21. The Hall–Kier alpha value is -1.24. The summed E-state index contributed by atoms with van der Waals surface area (Å²) in [5, 5.41) is 13.7. The Labute approximate surface area is 105 Å². The maximum Gasteiger partial charge on any atom is 0.327 e. The van der Waals surface area contributed by atoms with Gasteiger partial charge < -0.3 is 15.7 Å². The average molecular weight is 262 g/mol. The Balaban J connectivity index is 3.71. The van der Waals surface area contributed by atoms with Gasteiger partial charge in [-0.2, -0.15) is 11.8 Å². The van der Waals surface area contributed by atoms with Crippen molar-refractivity contribution in [2.24, 2.45) is 0 Å². The minimum atomic E-state index is -1.07. The first-order valence-electron chi connectivity index (χ1n) is 5.27. The van der Waals surface area contributed by atoms with Gasteiger partial charge in [0.15, 0.2) is 0 Å². The molecular weight excluding hydrogens is 244 g/mol. The van der Waals surface area contributed by atoms with E-state index >= 15 is 0 Å². The molecular formula is C10H18N2O4S. The van der Waals surface area contributed by atoms with Gasteiger partial charge in [0.25, 0.3) is 0 Å². The van der Waals surface area contributed by atoms with Crippen LogP contribution in [0.3, 0.4) is 0 Å². The molecule has 0 aliphatic rings. The fourth-order valence-corrected chi connectivity index (χ4v) is 2.00. The molecule has 0 fully saturated rings. The van der Waals surface area contributed by atoms with Crippen molar-refractivity contribution < 1.29 is 19.5 Å². The molecule has 0 aliphatic heterocycles. The molecule has 1 atom stereocenters. The van der Waals surface area contributed by atoms with Crippen LogP contribution in [0.15, 0.2) is 0 Å². The molecule has 7 heteroatoms. The van der Waals surface area contributed by atoms with Crippen molar-refractivity contribution in [2.75, 3.05) is 11.5 Å². The van der Waals surface area contributed by atoms with E-state index in [-0.39, 0.29) is 17.7 Å². The first-order valence-corrected chi connectivity index (χ1v) is 6.42. The molecule has 0 saturated carbocycles. The topological polar surface area (TPSA) is 95.5 Å². The van der Waals surface area contributed by atoms with Gasteiger partial charge in [0, 0.05) is 24.0 Å². The molecule has 0 aromatic rings. The second kappa shape index (κ2) is 8.86. The van der Waals surface area contributed by atoms with Crippen molar-refractivity contribution >= 4 is 30.0 Å². The van der Waals surface area contributed by atoms with Crippen LogP contribution in [-0.4, -0.2) is 47.0 Å². The van der Waals surface area contributed by atoms with E-state index in [0.717, 1.165) is 0 Å². The number of aliphatic carboxylic acids is 1. The molecule has 1 unspecified atom stereocenters. The van der Waals surface area contributed by atoms with Gasteiger partial charge >= 0.3 is 5.97 Å². The van der Waals surface area contributed by atoms with Crippen LogP contribution in [0.1, 0.15) is 20.3 Å². The SMILES string of the molecule is CC(C)NC(=O)CCSCC(NC=O)C(=O)O. The molecule has 0 radical (unpaired) electrons. The third-order valence-corrected chi connectivity index (χ3v) is 2.84. The number of nitrogens with one attached hydrogen (secondary N) is 2. The lowest BCUT2D eigenvalue weighted by atomic mass is 10.3. The van der Waals surface area contributed by atoms with Gasteiger partial charge in [-0.25, -0.2) is 4.79 Å². The standard InChI is InChI=1S/C10H18N2O4S/c1-7(2)12-9(14)3-4-17-5-8(10(15)16)11-6-13/h6-8H,3-5H2,1-2H3,(H,11,13)(H,12,14)(H,15,16). The van der Waals surface area contributed by atoms with Crippen LogP contribution >= 0.6 is 11.8 Å². The van der Waals surface area contributed by atoms with Crippen LogP contribution in [0.4, 0.5) is 0 Å². The van der Waals surface area contributed by atoms with Gasteiger partial charge in [0.05, 0.1) is 0 Å². The number of hydrogen-bond donors (Lipinski definition) is 3. The molecule has 0 aliphatic carbocycles. The summed E-state index contributed by atoms with van der Waals surface area (Å²) in [5.74, 6) is -0.342. The minimum absolute atomic E-state index is 0.0530. The molecule has 0 aromatic carbocycles. The van der Waals surface area contributed by atoms with Gasteiger partial charge in [-0.15, -0.1) is 0 Å². The summed E-state index contributed by atoms with van der Waals surface area (Å²) in [7, 11) is 0. The number of carbonyl (C=O) groups is 3. The molecule has 3 N–H and O–H groups in total. The molecule has 2 amide bonds. The van der Waals surface area contributed by atoms with Crippen molar-refractivity contribution in [3.8, 4) is 0 Å². The van der Waals surface area contributed by atoms with E-state index in [0.29, 0.717) is 18.6 Å². The van der Waals surface area contributed by atoms with Gasteiger partial charge in [-0.3, -0.25) is 9.59 Å². The van der Waals surface area contributed by atoms with E-state index in [1.807, 2.05) is 13.8 Å². The van der Waals surface area contributed by atoms with Crippen LogP contribution in [0.5, 0.6) is 0 Å². The minimum Gasteiger partial charge on any atom is -0.480 e. The van der Waals surface area contributed by atoms with E-state index < -0.39 is 12.0 Å².